The fourth-order valence-electron chi connectivity index (χ4n) is 0.377. The van der Waals surface area contributed by atoms with Crippen molar-refractivity contribution < 1.29 is 9.90 Å². The Morgan fingerprint density at radius 1 is 1.78 bits per heavy atom. The largest absolute Gasteiger partial charge is 0.480 e. The van der Waals surface area contributed by atoms with E-state index in [1.807, 2.05) is 6.92 Å². The summed E-state index contributed by atoms with van der Waals surface area (Å²) in [7, 11) is 0. The molecule has 0 heterocycles. The molecule has 1 N–H and O–H groups in total. The van der Waals surface area contributed by atoms with Gasteiger partial charge in [-0.15, -0.1) is 17.0 Å². The van der Waals surface area contributed by atoms with Crippen LogP contribution in [0.5, 0.6) is 0 Å². The van der Waals surface area contributed by atoms with Gasteiger partial charge in [-0.3, -0.25) is 4.79 Å². The van der Waals surface area contributed by atoms with E-state index in [2.05, 4.69) is 15.9 Å². The molecule has 0 aliphatic rings. The first-order chi connectivity index (χ1) is 3.68. The molecule has 0 bridgehead atoms. The van der Waals surface area contributed by atoms with Crippen LogP contribution in [-0.2, 0) is 4.79 Å². The molecule has 0 amide bonds. The number of aliphatic carboxylic acids is 1. The van der Waals surface area contributed by atoms with Crippen LogP contribution in [0, 0.1) is 0 Å². The van der Waals surface area contributed by atoms with Gasteiger partial charge in [-0.1, -0.05) is 29.3 Å². The Morgan fingerprint density at radius 3 is 2.33 bits per heavy atom. The lowest BCUT2D eigenvalue weighted by molar-refractivity contribution is -0.136. The maximum atomic E-state index is 10.0. The average Bonchev–Trinajstić information content (AvgIpc) is 1.67. The standard InChI is InChI=1S/C5H9BrO2.BrH/c1-2-3-4(6)5(7)8;/h4H,2-3H2,1H3,(H,7,8);1H. The smallest absolute Gasteiger partial charge is 0.317 e. The van der Waals surface area contributed by atoms with Gasteiger partial charge in [0.25, 0.3) is 0 Å². The first-order valence-corrected chi connectivity index (χ1v) is 3.47. The number of halogens is 2. The number of hydrogen-bond acceptors (Lipinski definition) is 1. The summed E-state index contributed by atoms with van der Waals surface area (Å²) < 4.78 is 0. The van der Waals surface area contributed by atoms with Crippen LogP contribution in [0.1, 0.15) is 19.8 Å². The molecular formula is C5H10Br2O2. The molecule has 0 aliphatic carbocycles. The highest BCUT2D eigenvalue weighted by Crippen LogP contribution is 2.06. The van der Waals surface area contributed by atoms with E-state index in [-0.39, 0.29) is 21.8 Å². The van der Waals surface area contributed by atoms with Crippen LogP contribution in [0.3, 0.4) is 0 Å². The summed E-state index contributed by atoms with van der Waals surface area (Å²) >= 11 is 3.00. The van der Waals surface area contributed by atoms with Gasteiger partial charge in [0.15, 0.2) is 0 Å². The van der Waals surface area contributed by atoms with E-state index in [0.717, 1.165) is 6.42 Å². The van der Waals surface area contributed by atoms with Crippen molar-refractivity contribution in [2.75, 3.05) is 0 Å². The Hall–Kier alpha value is 0.430. The number of carbonyl (C=O) groups is 1. The Morgan fingerprint density at radius 2 is 2.22 bits per heavy atom. The Labute approximate surface area is 73.5 Å². The molecule has 0 fully saturated rings. The molecule has 0 saturated heterocycles. The third-order valence-electron chi connectivity index (χ3n) is 0.810. The van der Waals surface area contributed by atoms with Crippen LogP contribution in [0.25, 0.3) is 0 Å². The molecule has 0 radical (unpaired) electrons. The van der Waals surface area contributed by atoms with Gasteiger partial charge in [0.05, 0.1) is 0 Å². The van der Waals surface area contributed by atoms with Gasteiger partial charge in [0.2, 0.25) is 0 Å². The summed E-state index contributed by atoms with van der Waals surface area (Å²) in [6.07, 6.45) is 1.61. The number of carboxylic acid groups (broad SMARTS) is 1. The predicted molar refractivity (Wildman–Crippen MR) is 45.6 cm³/mol. The van der Waals surface area contributed by atoms with Crippen LogP contribution in [0.2, 0.25) is 0 Å². The van der Waals surface area contributed by atoms with E-state index < -0.39 is 5.97 Å². The molecule has 0 aromatic carbocycles. The molecule has 0 aromatic rings. The second-order valence-corrected chi connectivity index (χ2v) is 2.70. The molecule has 1 atom stereocenters. The zero-order valence-corrected chi connectivity index (χ0v) is 8.43. The molecule has 0 rings (SSSR count). The van der Waals surface area contributed by atoms with Crippen molar-refractivity contribution in [3.05, 3.63) is 0 Å². The number of rotatable bonds is 3. The van der Waals surface area contributed by atoms with Gasteiger partial charge < -0.3 is 5.11 Å². The first-order valence-electron chi connectivity index (χ1n) is 2.55. The van der Waals surface area contributed by atoms with Crippen molar-refractivity contribution in [3.63, 3.8) is 0 Å². The van der Waals surface area contributed by atoms with E-state index >= 15 is 0 Å². The lowest BCUT2D eigenvalue weighted by atomic mass is 10.2. The van der Waals surface area contributed by atoms with Crippen LogP contribution >= 0.6 is 32.9 Å². The zero-order valence-electron chi connectivity index (χ0n) is 5.13. The fourth-order valence-corrected chi connectivity index (χ4v) is 0.835. The Kier molecular flexibility index (Phi) is 8.83. The Balaban J connectivity index is 0. The third kappa shape index (κ3) is 6.31. The van der Waals surface area contributed by atoms with Crippen LogP contribution in [0.4, 0.5) is 0 Å². The molecular weight excluding hydrogens is 252 g/mol. The maximum Gasteiger partial charge on any atom is 0.317 e. The number of alkyl halides is 1. The van der Waals surface area contributed by atoms with Crippen molar-refractivity contribution in [1.29, 1.82) is 0 Å². The van der Waals surface area contributed by atoms with Crippen molar-refractivity contribution in [2.24, 2.45) is 0 Å². The Bertz CT molecular complexity index is 85.0. The fraction of sp³-hybridized carbons (Fsp3) is 0.800. The van der Waals surface area contributed by atoms with Gasteiger partial charge >= 0.3 is 5.97 Å². The quantitative estimate of drug-likeness (QED) is 0.791. The minimum atomic E-state index is -0.771. The molecule has 2 nitrogen and oxygen atoms in total. The molecule has 0 spiro atoms. The molecule has 0 aliphatic heterocycles. The third-order valence-corrected chi connectivity index (χ3v) is 1.66. The lowest BCUT2D eigenvalue weighted by Gasteiger charge is -1.98. The number of hydrogen-bond donors (Lipinski definition) is 1. The summed E-state index contributed by atoms with van der Waals surface area (Å²) in [5.74, 6) is -0.771. The van der Waals surface area contributed by atoms with E-state index in [4.69, 9.17) is 5.11 Å². The molecule has 1 unspecified atom stereocenters. The van der Waals surface area contributed by atoms with E-state index in [0.29, 0.717) is 6.42 Å². The van der Waals surface area contributed by atoms with Gasteiger partial charge in [0.1, 0.15) is 4.83 Å². The first kappa shape index (κ1) is 12.1. The van der Waals surface area contributed by atoms with Crippen molar-refractivity contribution >= 4 is 38.9 Å². The predicted octanol–water partition coefficient (Wildman–Crippen LogP) is 2.21. The topological polar surface area (TPSA) is 37.3 Å². The van der Waals surface area contributed by atoms with Gasteiger partial charge in [0, 0.05) is 0 Å². The molecule has 0 saturated carbocycles. The van der Waals surface area contributed by atoms with Gasteiger partial charge in [-0.05, 0) is 6.42 Å². The normalized spacial score (nSPS) is 11.8. The average molecular weight is 262 g/mol. The van der Waals surface area contributed by atoms with Crippen molar-refractivity contribution in [2.45, 2.75) is 24.6 Å². The highest BCUT2D eigenvalue weighted by molar-refractivity contribution is 9.10. The summed E-state index contributed by atoms with van der Waals surface area (Å²) in [6.45, 7) is 1.96. The minimum Gasteiger partial charge on any atom is -0.480 e. The summed E-state index contributed by atoms with van der Waals surface area (Å²) in [5, 5.41) is 8.27. The molecule has 0 aromatic heterocycles. The maximum absolute atomic E-state index is 10.0. The molecule has 9 heavy (non-hydrogen) atoms. The monoisotopic (exact) mass is 260 g/mol. The van der Waals surface area contributed by atoms with E-state index in [9.17, 15) is 4.79 Å². The summed E-state index contributed by atoms with van der Waals surface area (Å²) in [5.41, 5.74) is 0. The second kappa shape index (κ2) is 6.55. The zero-order chi connectivity index (χ0) is 6.57. The highest BCUT2D eigenvalue weighted by atomic mass is 79.9. The van der Waals surface area contributed by atoms with Gasteiger partial charge in [-0.2, -0.15) is 0 Å². The highest BCUT2D eigenvalue weighted by Gasteiger charge is 2.09. The number of carboxylic acids is 1. The van der Waals surface area contributed by atoms with Crippen molar-refractivity contribution in [3.8, 4) is 0 Å². The van der Waals surface area contributed by atoms with Crippen LogP contribution < -0.4 is 0 Å². The summed E-state index contributed by atoms with van der Waals surface area (Å²) in [6, 6.07) is 0. The second-order valence-electron chi connectivity index (χ2n) is 1.59. The van der Waals surface area contributed by atoms with E-state index in [1.54, 1.807) is 0 Å². The van der Waals surface area contributed by atoms with Crippen LogP contribution in [-0.4, -0.2) is 15.9 Å². The molecule has 4 heteroatoms. The van der Waals surface area contributed by atoms with Gasteiger partial charge in [-0.25, -0.2) is 0 Å². The molecule has 56 valence electrons. The van der Waals surface area contributed by atoms with Crippen LogP contribution in [0.15, 0.2) is 0 Å². The summed E-state index contributed by atoms with van der Waals surface area (Å²) in [4.78, 5) is 9.69. The SMILES string of the molecule is Br.CCCC(Br)C(=O)O. The minimum absolute atomic E-state index is 0. The van der Waals surface area contributed by atoms with E-state index in [1.165, 1.54) is 0 Å². The lowest BCUT2D eigenvalue weighted by Crippen LogP contribution is -2.11. The van der Waals surface area contributed by atoms with Crippen molar-refractivity contribution in [1.82, 2.24) is 0 Å².